The second-order valence-corrected chi connectivity index (χ2v) is 7.64. The van der Waals surface area contributed by atoms with E-state index in [4.69, 9.17) is 5.41 Å². The number of pyridine rings is 1. The van der Waals surface area contributed by atoms with Crippen molar-refractivity contribution in [2.24, 2.45) is 0 Å². The van der Waals surface area contributed by atoms with E-state index in [1.54, 1.807) is 6.20 Å². The lowest BCUT2D eigenvalue weighted by Crippen LogP contribution is -2.19. The summed E-state index contributed by atoms with van der Waals surface area (Å²) in [5, 5.41) is 14.7. The van der Waals surface area contributed by atoms with Gasteiger partial charge in [-0.05, 0) is 61.0 Å². The molecular weight excluding hydrogens is 455 g/mol. The Kier molecular flexibility index (Phi) is 6.59. The summed E-state index contributed by atoms with van der Waals surface area (Å²) in [5.41, 5.74) is 2.21. The lowest BCUT2D eigenvalue weighted by Gasteiger charge is -2.15. The van der Waals surface area contributed by atoms with E-state index in [9.17, 15) is 18.0 Å². The lowest BCUT2D eigenvalue weighted by atomic mass is 10.1. The van der Waals surface area contributed by atoms with Crippen molar-refractivity contribution in [2.75, 3.05) is 5.32 Å². The van der Waals surface area contributed by atoms with Gasteiger partial charge in [0.15, 0.2) is 5.69 Å². The molecule has 9 heteroatoms. The standard InChI is InChI=1S/C26H20F3N5O/c1-17-15-18(21-7-2-3-13-31-21)8-9-23(17)34-14-11-24(35)25(33-34)22(10-12-30)32-20-6-4-5-19(16-20)26(27,28)29/h2-16,30,32H,1H3/b22-10-,30-12?. The number of hydrogen-bond acceptors (Lipinski definition) is 5. The number of alkyl halides is 3. The van der Waals surface area contributed by atoms with Crippen molar-refractivity contribution in [2.45, 2.75) is 13.1 Å². The van der Waals surface area contributed by atoms with Crippen molar-refractivity contribution in [3.63, 3.8) is 0 Å². The molecule has 35 heavy (non-hydrogen) atoms. The molecule has 2 aromatic carbocycles. The second-order valence-electron chi connectivity index (χ2n) is 7.64. The second kappa shape index (κ2) is 9.76. The van der Waals surface area contributed by atoms with Gasteiger partial charge in [-0.3, -0.25) is 9.78 Å². The molecule has 0 unspecified atom stereocenters. The van der Waals surface area contributed by atoms with Crippen LogP contribution in [0.1, 0.15) is 16.8 Å². The van der Waals surface area contributed by atoms with E-state index in [0.717, 1.165) is 35.2 Å². The zero-order valence-corrected chi connectivity index (χ0v) is 18.5. The van der Waals surface area contributed by atoms with Gasteiger partial charge in [-0.2, -0.15) is 18.3 Å². The summed E-state index contributed by atoms with van der Waals surface area (Å²) in [5.74, 6) is 0. The summed E-state index contributed by atoms with van der Waals surface area (Å²) in [4.78, 5) is 17.0. The molecule has 0 saturated carbocycles. The summed E-state index contributed by atoms with van der Waals surface area (Å²) in [6.07, 6.45) is 0.913. The smallest absolute Gasteiger partial charge is 0.354 e. The van der Waals surface area contributed by atoms with Crippen LogP contribution in [-0.4, -0.2) is 21.0 Å². The number of hydrogen-bond donors (Lipinski definition) is 2. The highest BCUT2D eigenvalue weighted by molar-refractivity contribution is 5.87. The maximum Gasteiger partial charge on any atom is 0.416 e. The van der Waals surface area contributed by atoms with Crippen molar-refractivity contribution < 1.29 is 13.2 Å². The van der Waals surface area contributed by atoms with Crippen molar-refractivity contribution in [1.29, 1.82) is 5.41 Å². The number of anilines is 1. The topological polar surface area (TPSA) is 83.7 Å². The number of aryl methyl sites for hydroxylation is 1. The largest absolute Gasteiger partial charge is 0.416 e. The summed E-state index contributed by atoms with van der Waals surface area (Å²) in [7, 11) is 0. The quantitative estimate of drug-likeness (QED) is 0.349. The average molecular weight is 475 g/mol. The fraction of sp³-hybridized carbons (Fsp3) is 0.0769. The first-order valence-corrected chi connectivity index (χ1v) is 10.5. The molecule has 2 aromatic heterocycles. The molecule has 0 bridgehead atoms. The molecule has 6 nitrogen and oxygen atoms in total. The molecule has 2 N–H and O–H groups in total. The van der Waals surface area contributed by atoms with Crippen LogP contribution in [0.3, 0.4) is 0 Å². The Balaban J connectivity index is 1.71. The predicted molar refractivity (Wildman–Crippen MR) is 130 cm³/mol. The zero-order chi connectivity index (χ0) is 25.0. The monoisotopic (exact) mass is 475 g/mol. The summed E-state index contributed by atoms with van der Waals surface area (Å²) >= 11 is 0. The van der Waals surface area contributed by atoms with Crippen LogP contribution in [0.15, 0.2) is 90.0 Å². The van der Waals surface area contributed by atoms with Gasteiger partial charge in [0.2, 0.25) is 5.43 Å². The zero-order valence-electron chi connectivity index (χ0n) is 18.5. The summed E-state index contributed by atoms with van der Waals surface area (Å²) in [6, 6.07) is 17.2. The van der Waals surface area contributed by atoms with Crippen LogP contribution in [0, 0.1) is 12.3 Å². The summed E-state index contributed by atoms with van der Waals surface area (Å²) < 4.78 is 40.8. The maximum absolute atomic E-state index is 13.1. The van der Waals surface area contributed by atoms with Gasteiger partial charge in [0.1, 0.15) is 0 Å². The Labute approximate surface area is 198 Å². The number of halogens is 3. The highest BCUT2D eigenvalue weighted by Gasteiger charge is 2.30. The molecule has 4 aromatic rings. The van der Waals surface area contributed by atoms with Gasteiger partial charge in [-0.1, -0.05) is 18.2 Å². The molecule has 2 heterocycles. The predicted octanol–water partition coefficient (Wildman–Crippen LogP) is 5.72. The Hall–Kier alpha value is -4.53. The molecule has 0 atom stereocenters. The van der Waals surface area contributed by atoms with E-state index < -0.39 is 17.2 Å². The van der Waals surface area contributed by atoms with Gasteiger partial charge in [-0.15, -0.1) is 0 Å². The van der Waals surface area contributed by atoms with Crippen LogP contribution >= 0.6 is 0 Å². The van der Waals surface area contributed by atoms with Crippen molar-refractivity contribution in [3.05, 3.63) is 112 Å². The normalized spacial score (nSPS) is 11.8. The number of rotatable bonds is 6. The van der Waals surface area contributed by atoms with Gasteiger partial charge in [-0.25, -0.2) is 4.68 Å². The average Bonchev–Trinajstić information content (AvgIpc) is 2.84. The minimum absolute atomic E-state index is 0.0402. The van der Waals surface area contributed by atoms with Crippen LogP contribution in [0.25, 0.3) is 22.6 Å². The molecule has 0 aliphatic rings. The molecule has 0 radical (unpaired) electrons. The molecule has 4 rings (SSSR count). The molecule has 0 aliphatic heterocycles. The first-order chi connectivity index (χ1) is 16.8. The van der Waals surface area contributed by atoms with Crippen LogP contribution in [0.5, 0.6) is 0 Å². The summed E-state index contributed by atoms with van der Waals surface area (Å²) in [6.45, 7) is 1.90. The third kappa shape index (κ3) is 5.35. The molecule has 0 amide bonds. The molecule has 0 spiro atoms. The van der Waals surface area contributed by atoms with Crippen LogP contribution < -0.4 is 10.7 Å². The van der Waals surface area contributed by atoms with Gasteiger partial charge >= 0.3 is 6.18 Å². The van der Waals surface area contributed by atoms with Crippen LogP contribution in [0.2, 0.25) is 0 Å². The lowest BCUT2D eigenvalue weighted by molar-refractivity contribution is -0.137. The molecule has 176 valence electrons. The number of aromatic nitrogens is 3. The molecule has 0 aliphatic carbocycles. The number of nitrogens with zero attached hydrogens (tertiary/aromatic N) is 3. The fourth-order valence-electron chi connectivity index (χ4n) is 3.53. The Morgan fingerprint density at radius 2 is 1.89 bits per heavy atom. The van der Waals surface area contributed by atoms with Crippen LogP contribution in [0.4, 0.5) is 18.9 Å². The van der Waals surface area contributed by atoms with Crippen molar-refractivity contribution in [1.82, 2.24) is 14.8 Å². The van der Waals surface area contributed by atoms with Crippen molar-refractivity contribution >= 4 is 17.6 Å². The van der Waals surface area contributed by atoms with Crippen LogP contribution in [-0.2, 0) is 6.18 Å². The van der Waals surface area contributed by atoms with E-state index in [2.05, 4.69) is 15.4 Å². The van der Waals surface area contributed by atoms with E-state index in [0.29, 0.717) is 5.69 Å². The highest BCUT2D eigenvalue weighted by atomic mass is 19.4. The number of benzene rings is 2. The Bertz CT molecular complexity index is 1460. The molecule has 0 fully saturated rings. The van der Waals surface area contributed by atoms with Gasteiger partial charge in [0.25, 0.3) is 0 Å². The first kappa shape index (κ1) is 23.6. The maximum atomic E-state index is 13.1. The molecular formula is C26H20F3N5O. The van der Waals surface area contributed by atoms with Gasteiger partial charge in [0.05, 0.1) is 22.6 Å². The fourth-order valence-corrected chi connectivity index (χ4v) is 3.53. The highest BCUT2D eigenvalue weighted by Crippen LogP contribution is 2.31. The Morgan fingerprint density at radius 3 is 2.57 bits per heavy atom. The van der Waals surface area contributed by atoms with E-state index >= 15 is 0 Å². The SMILES string of the molecule is Cc1cc(-c2ccccn2)ccc1-n1ccc(=O)c(/C(=C/C=N)Nc2cccc(C(F)(F)F)c2)n1. The van der Waals surface area contributed by atoms with E-state index in [1.165, 1.54) is 35.2 Å². The minimum Gasteiger partial charge on any atom is -0.354 e. The number of allylic oxidation sites excluding steroid dienone is 1. The van der Waals surface area contributed by atoms with Gasteiger partial charge < -0.3 is 10.7 Å². The van der Waals surface area contributed by atoms with E-state index in [-0.39, 0.29) is 17.1 Å². The Morgan fingerprint density at radius 1 is 1.06 bits per heavy atom. The minimum atomic E-state index is -4.51. The van der Waals surface area contributed by atoms with E-state index in [1.807, 2.05) is 43.3 Å². The first-order valence-electron chi connectivity index (χ1n) is 10.5. The molecule has 0 saturated heterocycles. The third-order valence-corrected chi connectivity index (χ3v) is 5.19. The van der Waals surface area contributed by atoms with Crippen molar-refractivity contribution in [3.8, 4) is 16.9 Å². The third-order valence-electron chi connectivity index (χ3n) is 5.19. The van der Waals surface area contributed by atoms with Gasteiger partial charge in [0, 0.05) is 35.9 Å². The number of nitrogens with one attached hydrogen (secondary N) is 2.